The van der Waals surface area contributed by atoms with E-state index in [4.69, 9.17) is 12.2 Å². The van der Waals surface area contributed by atoms with Gasteiger partial charge in [-0.3, -0.25) is 15.1 Å². The predicted molar refractivity (Wildman–Crippen MR) is 135 cm³/mol. The van der Waals surface area contributed by atoms with E-state index < -0.39 is 5.97 Å². The van der Waals surface area contributed by atoms with Gasteiger partial charge >= 0.3 is 5.97 Å². The van der Waals surface area contributed by atoms with Crippen molar-refractivity contribution < 1.29 is 19.8 Å². The van der Waals surface area contributed by atoms with Gasteiger partial charge in [-0.05, 0) is 72.6 Å². The quantitative estimate of drug-likeness (QED) is 0.265. The summed E-state index contributed by atoms with van der Waals surface area (Å²) in [5.74, 6) is -1.53. The summed E-state index contributed by atoms with van der Waals surface area (Å²) in [6, 6.07) is 16.9. The standard InChI is InChI=1S/C24H19N3O4S2/c1-13-9-10-17(11-14(13)2)27-22(29)21(33-24(27)32)26-25-19-8-4-7-18(20(19)28)15-5-3-6-16(12-15)23(30)31/h3-12,25,28H,1-2H3,(H,30,31)/b26-21+. The van der Waals surface area contributed by atoms with E-state index in [0.717, 1.165) is 22.9 Å². The predicted octanol–water partition coefficient (Wildman–Crippen LogP) is 5.16. The number of aryl methyl sites for hydroxylation is 2. The molecule has 0 aromatic heterocycles. The summed E-state index contributed by atoms with van der Waals surface area (Å²) in [5, 5.41) is 24.3. The molecule has 0 atom stereocenters. The molecule has 1 aliphatic heterocycles. The summed E-state index contributed by atoms with van der Waals surface area (Å²) < 4.78 is 0.368. The molecular formula is C24H19N3O4S2. The number of hydrogen-bond acceptors (Lipinski definition) is 7. The van der Waals surface area contributed by atoms with Gasteiger partial charge in [0.05, 0.1) is 16.9 Å². The number of thiocarbonyl (C=S) groups is 1. The number of carboxylic acid groups (broad SMARTS) is 1. The van der Waals surface area contributed by atoms with Gasteiger partial charge in [-0.15, -0.1) is 0 Å². The van der Waals surface area contributed by atoms with Crippen molar-refractivity contribution >= 4 is 56.6 Å². The number of anilines is 2. The summed E-state index contributed by atoms with van der Waals surface area (Å²) >= 11 is 6.46. The van der Waals surface area contributed by atoms with Crippen LogP contribution in [0.15, 0.2) is 65.8 Å². The summed E-state index contributed by atoms with van der Waals surface area (Å²) in [6.45, 7) is 3.96. The van der Waals surface area contributed by atoms with Gasteiger partial charge in [-0.1, -0.05) is 42.5 Å². The Morgan fingerprint density at radius 2 is 1.82 bits per heavy atom. The highest BCUT2D eigenvalue weighted by Crippen LogP contribution is 2.36. The zero-order chi connectivity index (χ0) is 23.7. The minimum atomic E-state index is -1.06. The van der Waals surface area contributed by atoms with Crippen LogP contribution >= 0.6 is 24.0 Å². The third-order valence-electron chi connectivity index (χ3n) is 5.24. The maximum atomic E-state index is 12.9. The van der Waals surface area contributed by atoms with E-state index in [-0.39, 0.29) is 28.0 Å². The highest BCUT2D eigenvalue weighted by Gasteiger charge is 2.35. The Morgan fingerprint density at radius 1 is 1.06 bits per heavy atom. The Labute approximate surface area is 199 Å². The Morgan fingerprint density at radius 3 is 2.55 bits per heavy atom. The molecular weight excluding hydrogens is 458 g/mol. The minimum absolute atomic E-state index is 0.110. The van der Waals surface area contributed by atoms with Gasteiger partial charge in [0.2, 0.25) is 0 Å². The van der Waals surface area contributed by atoms with E-state index in [9.17, 15) is 19.8 Å². The number of amides is 1. The van der Waals surface area contributed by atoms with Gasteiger partial charge in [-0.25, -0.2) is 4.79 Å². The molecule has 0 spiro atoms. The van der Waals surface area contributed by atoms with Crippen molar-refractivity contribution in [2.45, 2.75) is 13.8 Å². The highest BCUT2D eigenvalue weighted by atomic mass is 32.2. The Hall–Kier alpha value is -3.69. The number of benzene rings is 3. The fourth-order valence-electron chi connectivity index (χ4n) is 3.31. The molecule has 0 aliphatic carbocycles. The van der Waals surface area contributed by atoms with Crippen LogP contribution in [0.5, 0.6) is 5.75 Å². The molecule has 1 aliphatic rings. The van der Waals surface area contributed by atoms with Crippen LogP contribution in [0.2, 0.25) is 0 Å². The van der Waals surface area contributed by atoms with Crippen molar-refractivity contribution in [2.75, 3.05) is 10.3 Å². The molecule has 166 valence electrons. The molecule has 9 heteroatoms. The molecule has 7 nitrogen and oxygen atoms in total. The van der Waals surface area contributed by atoms with Crippen LogP contribution in [0.1, 0.15) is 21.5 Å². The molecule has 0 unspecified atom stereocenters. The van der Waals surface area contributed by atoms with Crippen molar-refractivity contribution in [3.05, 3.63) is 77.4 Å². The number of phenolic OH excluding ortho intramolecular Hbond substituents is 1. The Balaban J connectivity index is 1.60. The summed E-state index contributed by atoms with van der Waals surface area (Å²) in [7, 11) is 0. The average Bonchev–Trinajstić information content (AvgIpc) is 3.08. The van der Waals surface area contributed by atoms with Gasteiger partial charge in [0.1, 0.15) is 5.75 Å². The van der Waals surface area contributed by atoms with Gasteiger partial charge in [0.15, 0.2) is 9.36 Å². The van der Waals surface area contributed by atoms with Crippen molar-refractivity contribution in [3.63, 3.8) is 0 Å². The third kappa shape index (κ3) is 4.46. The van der Waals surface area contributed by atoms with Crippen molar-refractivity contribution in [2.24, 2.45) is 5.10 Å². The molecule has 1 amide bonds. The van der Waals surface area contributed by atoms with Crippen molar-refractivity contribution in [1.29, 1.82) is 0 Å². The smallest absolute Gasteiger partial charge is 0.335 e. The fourth-order valence-corrected chi connectivity index (χ4v) is 4.45. The molecule has 0 radical (unpaired) electrons. The molecule has 1 heterocycles. The topological polar surface area (TPSA) is 102 Å². The summed E-state index contributed by atoms with van der Waals surface area (Å²) in [5.41, 5.74) is 6.92. The molecule has 3 N–H and O–H groups in total. The number of hydrogen-bond donors (Lipinski definition) is 3. The molecule has 0 bridgehead atoms. The lowest BCUT2D eigenvalue weighted by atomic mass is 10.0. The number of hydrazone groups is 1. The first-order chi connectivity index (χ1) is 15.8. The van der Waals surface area contributed by atoms with Crippen LogP contribution < -0.4 is 10.3 Å². The largest absolute Gasteiger partial charge is 0.505 e. The lowest BCUT2D eigenvalue weighted by molar-refractivity contribution is -0.111. The van der Waals surface area contributed by atoms with Crippen LogP contribution in [0.4, 0.5) is 11.4 Å². The second kappa shape index (κ2) is 9.05. The number of nitrogens with zero attached hydrogens (tertiary/aromatic N) is 2. The number of rotatable bonds is 5. The van der Waals surface area contributed by atoms with E-state index in [1.807, 2.05) is 32.0 Å². The van der Waals surface area contributed by atoms with E-state index in [1.54, 1.807) is 30.3 Å². The van der Waals surface area contributed by atoms with E-state index >= 15 is 0 Å². The molecule has 3 aromatic rings. The molecule has 1 saturated heterocycles. The van der Waals surface area contributed by atoms with Gasteiger partial charge in [0.25, 0.3) is 5.91 Å². The SMILES string of the molecule is Cc1ccc(N2C(=O)/C(=N\Nc3cccc(-c4cccc(C(=O)O)c4)c3O)SC2=S)cc1C. The summed E-state index contributed by atoms with van der Waals surface area (Å²) in [6.07, 6.45) is 0. The van der Waals surface area contributed by atoms with Gasteiger partial charge in [0, 0.05) is 5.56 Å². The van der Waals surface area contributed by atoms with E-state index in [2.05, 4.69) is 10.5 Å². The average molecular weight is 478 g/mol. The second-order valence-corrected chi connectivity index (χ2v) is 9.02. The maximum absolute atomic E-state index is 12.9. The minimum Gasteiger partial charge on any atom is -0.505 e. The van der Waals surface area contributed by atoms with Crippen LogP contribution in [0.3, 0.4) is 0 Å². The summed E-state index contributed by atoms with van der Waals surface area (Å²) in [4.78, 5) is 25.6. The number of nitrogens with one attached hydrogen (secondary N) is 1. The van der Waals surface area contributed by atoms with Crippen LogP contribution in [-0.2, 0) is 4.79 Å². The number of para-hydroxylation sites is 1. The van der Waals surface area contributed by atoms with Crippen molar-refractivity contribution in [1.82, 2.24) is 0 Å². The lowest BCUT2D eigenvalue weighted by Gasteiger charge is -2.15. The third-order valence-corrected chi connectivity index (χ3v) is 6.48. The number of thioether (sulfide) groups is 1. The molecule has 4 rings (SSSR count). The second-order valence-electron chi connectivity index (χ2n) is 7.39. The number of carbonyl (C=O) groups excluding carboxylic acids is 1. The molecule has 33 heavy (non-hydrogen) atoms. The van der Waals surface area contributed by atoms with Crippen LogP contribution in [0, 0.1) is 13.8 Å². The Kier molecular flexibility index (Phi) is 6.17. The maximum Gasteiger partial charge on any atom is 0.335 e. The van der Waals surface area contributed by atoms with Crippen LogP contribution in [0.25, 0.3) is 11.1 Å². The first kappa shape index (κ1) is 22.5. The monoisotopic (exact) mass is 477 g/mol. The molecule has 1 fully saturated rings. The number of carboxylic acids is 1. The highest BCUT2D eigenvalue weighted by molar-refractivity contribution is 8.35. The number of phenols is 1. The first-order valence-corrected chi connectivity index (χ1v) is 11.1. The number of aromatic hydroxyl groups is 1. The van der Waals surface area contributed by atoms with Crippen LogP contribution in [-0.4, -0.2) is 31.5 Å². The number of carbonyl (C=O) groups is 2. The van der Waals surface area contributed by atoms with Crippen molar-refractivity contribution in [3.8, 4) is 16.9 Å². The van der Waals surface area contributed by atoms with Gasteiger partial charge in [-0.2, -0.15) is 5.10 Å². The zero-order valence-corrected chi connectivity index (χ0v) is 19.3. The lowest BCUT2D eigenvalue weighted by Crippen LogP contribution is -2.29. The normalized spacial score (nSPS) is 14.7. The van der Waals surface area contributed by atoms with E-state index in [1.165, 1.54) is 17.0 Å². The van der Waals surface area contributed by atoms with Gasteiger partial charge < -0.3 is 10.2 Å². The fraction of sp³-hybridized carbons (Fsp3) is 0.0833. The Bertz CT molecular complexity index is 1340. The zero-order valence-electron chi connectivity index (χ0n) is 17.7. The number of aromatic carboxylic acids is 1. The molecule has 3 aromatic carbocycles. The molecule has 0 saturated carbocycles. The van der Waals surface area contributed by atoms with E-state index in [0.29, 0.717) is 21.1 Å². The first-order valence-electron chi connectivity index (χ1n) is 9.89.